The summed E-state index contributed by atoms with van der Waals surface area (Å²) in [5, 5.41) is 4.99. The van der Waals surface area contributed by atoms with Crippen molar-refractivity contribution in [3.8, 4) is 0 Å². The lowest BCUT2D eigenvalue weighted by molar-refractivity contribution is 0.598. The van der Waals surface area contributed by atoms with Crippen LogP contribution in [0.5, 0.6) is 0 Å². The maximum atomic E-state index is 6.44. The molecule has 0 bridgehead atoms. The van der Waals surface area contributed by atoms with Crippen LogP contribution in [-0.2, 0) is 0 Å². The molecule has 4 heteroatoms. The Morgan fingerprint density at radius 1 is 1.05 bits per heavy atom. The molecule has 0 saturated carbocycles. The maximum Gasteiger partial charge on any atom is 0.0606 e. The molecule has 0 amide bonds. The highest BCUT2D eigenvalue weighted by Gasteiger charge is 2.19. The van der Waals surface area contributed by atoms with Crippen molar-refractivity contribution < 1.29 is 0 Å². The lowest BCUT2D eigenvalue weighted by atomic mass is 9.98. The fourth-order valence-electron chi connectivity index (χ4n) is 2.13. The minimum atomic E-state index is -0.00588. The first-order chi connectivity index (χ1) is 9.65. The molecule has 0 aromatic heterocycles. The molecule has 0 saturated heterocycles. The van der Waals surface area contributed by atoms with E-state index in [0.717, 1.165) is 38.6 Å². The zero-order valence-electron chi connectivity index (χ0n) is 11.2. The number of hydrogen-bond donors (Lipinski definition) is 1. The minimum Gasteiger partial charge on any atom is -0.306 e. The molecule has 1 nitrogen and oxygen atoms in total. The van der Waals surface area contributed by atoms with Gasteiger partial charge in [-0.3, -0.25) is 0 Å². The number of benzene rings is 2. The molecule has 0 aliphatic rings. The van der Waals surface area contributed by atoms with Gasteiger partial charge in [0.15, 0.2) is 0 Å². The molecule has 1 N–H and O–H groups in total. The maximum absolute atomic E-state index is 6.44. The fourth-order valence-corrected chi connectivity index (χ4v) is 2.99. The Balaban J connectivity index is 2.47. The van der Waals surface area contributed by atoms with Gasteiger partial charge in [0.05, 0.1) is 11.1 Å². The number of rotatable bonds is 5. The highest BCUT2D eigenvalue weighted by atomic mass is 79.9. The first kappa shape index (κ1) is 15.8. The monoisotopic (exact) mass is 371 g/mol. The number of hydrogen-bond acceptors (Lipinski definition) is 1. The molecule has 1 atom stereocenters. The summed E-state index contributed by atoms with van der Waals surface area (Å²) in [6, 6.07) is 13.8. The van der Waals surface area contributed by atoms with Crippen molar-refractivity contribution in [3.05, 3.63) is 68.1 Å². The van der Waals surface area contributed by atoms with Crippen LogP contribution >= 0.6 is 39.1 Å². The molecule has 0 radical (unpaired) electrons. The molecule has 2 aromatic carbocycles. The molecule has 0 heterocycles. The van der Waals surface area contributed by atoms with Gasteiger partial charge in [-0.25, -0.2) is 0 Å². The third kappa shape index (κ3) is 3.56. The second kappa shape index (κ2) is 7.46. The standard InChI is InChI=1S/C16H16BrCl2N/c1-2-10-20-16(11-6-3-4-9-14(11)18)12-7-5-8-13(17)15(12)19/h3-9,16,20H,2,10H2,1H3. The highest BCUT2D eigenvalue weighted by molar-refractivity contribution is 9.10. The molecule has 106 valence electrons. The van der Waals surface area contributed by atoms with Crippen LogP contribution in [0.2, 0.25) is 10.0 Å². The van der Waals surface area contributed by atoms with Gasteiger partial charge in [-0.1, -0.05) is 60.5 Å². The highest BCUT2D eigenvalue weighted by Crippen LogP contribution is 2.35. The second-order valence-corrected chi connectivity index (χ2v) is 6.19. The van der Waals surface area contributed by atoms with Crippen molar-refractivity contribution in [3.63, 3.8) is 0 Å². The Bertz CT molecular complexity index is 586. The van der Waals surface area contributed by atoms with E-state index in [9.17, 15) is 0 Å². The summed E-state index contributed by atoms with van der Waals surface area (Å²) in [6.07, 6.45) is 1.05. The minimum absolute atomic E-state index is 0.00588. The van der Waals surface area contributed by atoms with E-state index >= 15 is 0 Å². The normalized spacial score (nSPS) is 12.4. The van der Waals surface area contributed by atoms with Crippen LogP contribution in [0.15, 0.2) is 46.9 Å². The second-order valence-electron chi connectivity index (χ2n) is 4.55. The van der Waals surface area contributed by atoms with E-state index in [4.69, 9.17) is 23.2 Å². The third-order valence-corrected chi connectivity index (χ3v) is 4.76. The van der Waals surface area contributed by atoms with Gasteiger partial charge in [-0.15, -0.1) is 0 Å². The largest absolute Gasteiger partial charge is 0.306 e. The van der Waals surface area contributed by atoms with E-state index in [0.29, 0.717) is 0 Å². The van der Waals surface area contributed by atoms with Gasteiger partial charge in [0.25, 0.3) is 0 Å². The molecular formula is C16H16BrCl2N. The summed E-state index contributed by atoms with van der Waals surface area (Å²) in [7, 11) is 0. The Morgan fingerprint density at radius 2 is 1.75 bits per heavy atom. The summed E-state index contributed by atoms with van der Waals surface area (Å²) >= 11 is 16.3. The molecule has 1 unspecified atom stereocenters. The van der Waals surface area contributed by atoms with Gasteiger partial charge in [-0.05, 0) is 52.2 Å². The lowest BCUT2D eigenvalue weighted by Crippen LogP contribution is -2.23. The van der Waals surface area contributed by atoms with Gasteiger partial charge in [-0.2, -0.15) is 0 Å². The van der Waals surface area contributed by atoms with Gasteiger partial charge < -0.3 is 5.32 Å². The molecule has 0 aliphatic carbocycles. The van der Waals surface area contributed by atoms with Crippen molar-refractivity contribution in [1.29, 1.82) is 0 Å². The Labute approximate surface area is 138 Å². The van der Waals surface area contributed by atoms with Gasteiger partial charge in [0, 0.05) is 9.50 Å². The van der Waals surface area contributed by atoms with Crippen molar-refractivity contribution in [2.24, 2.45) is 0 Å². The van der Waals surface area contributed by atoms with E-state index in [1.54, 1.807) is 0 Å². The molecule has 2 aromatic rings. The summed E-state index contributed by atoms with van der Waals surface area (Å²) in [5.74, 6) is 0. The van der Waals surface area contributed by atoms with E-state index in [1.165, 1.54) is 0 Å². The van der Waals surface area contributed by atoms with Crippen LogP contribution < -0.4 is 5.32 Å². The zero-order valence-corrected chi connectivity index (χ0v) is 14.3. The van der Waals surface area contributed by atoms with Crippen LogP contribution in [0.3, 0.4) is 0 Å². The van der Waals surface area contributed by atoms with E-state index in [1.807, 2.05) is 42.5 Å². The Kier molecular flexibility index (Phi) is 5.91. The first-order valence-corrected chi connectivity index (χ1v) is 8.11. The van der Waals surface area contributed by atoms with Crippen molar-refractivity contribution in [1.82, 2.24) is 5.32 Å². The number of halogens is 3. The average molecular weight is 373 g/mol. The van der Waals surface area contributed by atoms with E-state index in [-0.39, 0.29) is 6.04 Å². The number of nitrogens with one attached hydrogen (secondary N) is 1. The molecule has 2 rings (SSSR count). The van der Waals surface area contributed by atoms with Crippen LogP contribution in [0, 0.1) is 0 Å². The predicted octanol–water partition coefficient (Wildman–Crippen LogP) is 5.84. The zero-order chi connectivity index (χ0) is 14.5. The summed E-state index contributed by atoms with van der Waals surface area (Å²) in [6.45, 7) is 3.04. The van der Waals surface area contributed by atoms with Gasteiger partial charge >= 0.3 is 0 Å². The Hall–Kier alpha value is -0.540. The van der Waals surface area contributed by atoms with Crippen LogP contribution in [0.25, 0.3) is 0 Å². The average Bonchev–Trinajstić information content (AvgIpc) is 2.45. The van der Waals surface area contributed by atoms with Crippen molar-refractivity contribution >= 4 is 39.1 Å². The summed E-state index contributed by atoms with van der Waals surface area (Å²) in [4.78, 5) is 0. The van der Waals surface area contributed by atoms with Crippen LogP contribution in [0.4, 0.5) is 0 Å². The Morgan fingerprint density at radius 3 is 2.45 bits per heavy atom. The topological polar surface area (TPSA) is 12.0 Å². The fraction of sp³-hybridized carbons (Fsp3) is 0.250. The van der Waals surface area contributed by atoms with Crippen LogP contribution in [-0.4, -0.2) is 6.54 Å². The first-order valence-electron chi connectivity index (χ1n) is 6.56. The summed E-state index contributed by atoms with van der Waals surface area (Å²) in [5.41, 5.74) is 2.07. The van der Waals surface area contributed by atoms with Crippen LogP contribution in [0.1, 0.15) is 30.5 Å². The van der Waals surface area contributed by atoms with E-state index in [2.05, 4.69) is 28.2 Å². The smallest absolute Gasteiger partial charge is 0.0606 e. The molecular weight excluding hydrogens is 357 g/mol. The molecule has 0 spiro atoms. The van der Waals surface area contributed by atoms with Crippen molar-refractivity contribution in [2.75, 3.05) is 6.54 Å². The molecule has 0 aliphatic heterocycles. The SMILES string of the molecule is CCCNC(c1ccccc1Cl)c1cccc(Br)c1Cl. The van der Waals surface area contributed by atoms with Gasteiger partial charge in [0.2, 0.25) is 0 Å². The quantitative estimate of drug-likeness (QED) is 0.694. The van der Waals surface area contributed by atoms with Gasteiger partial charge in [0.1, 0.15) is 0 Å². The van der Waals surface area contributed by atoms with Crippen molar-refractivity contribution in [2.45, 2.75) is 19.4 Å². The molecule has 20 heavy (non-hydrogen) atoms. The predicted molar refractivity (Wildman–Crippen MR) is 90.7 cm³/mol. The lowest BCUT2D eigenvalue weighted by Gasteiger charge is -2.22. The summed E-state index contributed by atoms with van der Waals surface area (Å²) < 4.78 is 0.895. The molecule has 0 fully saturated rings. The van der Waals surface area contributed by atoms with E-state index < -0.39 is 0 Å². The third-order valence-electron chi connectivity index (χ3n) is 3.11.